The molecule has 0 aliphatic carbocycles. The Morgan fingerprint density at radius 2 is 2.40 bits per heavy atom. The molecule has 0 aromatic carbocycles. The molecule has 0 fully saturated rings. The van der Waals surface area contributed by atoms with Crippen molar-refractivity contribution in [2.24, 2.45) is 0 Å². The van der Waals surface area contributed by atoms with Gasteiger partial charge < -0.3 is 5.11 Å². The Morgan fingerprint density at radius 3 is 2.80 bits per heavy atom. The first kappa shape index (κ1) is 10.5. The van der Waals surface area contributed by atoms with Crippen LogP contribution in [0.4, 0.5) is 0 Å². The molecule has 0 aromatic rings. The van der Waals surface area contributed by atoms with Crippen molar-refractivity contribution in [3.63, 3.8) is 0 Å². The van der Waals surface area contributed by atoms with Gasteiger partial charge in [-0.2, -0.15) is 0 Å². The highest BCUT2D eigenvalue weighted by Gasteiger charge is 2.28. The summed E-state index contributed by atoms with van der Waals surface area (Å²) in [4.78, 5) is 0. The summed E-state index contributed by atoms with van der Waals surface area (Å²) in [5.74, 6) is -0.874. The van der Waals surface area contributed by atoms with Gasteiger partial charge in [0.15, 0.2) is 0 Å². The maximum Gasteiger partial charge on any atom is 0.541 e. The van der Waals surface area contributed by atoms with Gasteiger partial charge in [-0.05, 0) is 11.0 Å². The summed E-state index contributed by atoms with van der Waals surface area (Å²) < 4.78 is 15.6. The topological polar surface area (TPSA) is 46.5 Å². The second-order valence-corrected chi connectivity index (χ2v) is 3.83. The van der Waals surface area contributed by atoms with Gasteiger partial charge in [0.1, 0.15) is 6.61 Å². The SMILES string of the molecule is CCCO[P+](=O)C(O)CBr. The second-order valence-electron chi connectivity index (χ2n) is 1.75. The van der Waals surface area contributed by atoms with Crippen LogP contribution in [-0.2, 0) is 9.09 Å². The maximum absolute atomic E-state index is 10.8. The third-order valence-electron chi connectivity index (χ3n) is 0.804. The van der Waals surface area contributed by atoms with Crippen LogP contribution in [-0.4, -0.2) is 22.9 Å². The fourth-order valence-electron chi connectivity index (χ4n) is 0.324. The highest BCUT2D eigenvalue weighted by Crippen LogP contribution is 2.28. The fraction of sp³-hybridized carbons (Fsp3) is 1.00. The van der Waals surface area contributed by atoms with E-state index in [-0.39, 0.29) is 0 Å². The van der Waals surface area contributed by atoms with Crippen LogP contribution in [0.25, 0.3) is 0 Å². The molecule has 2 atom stereocenters. The molecule has 60 valence electrons. The molecule has 0 saturated heterocycles. The number of hydrogen-bond acceptors (Lipinski definition) is 3. The summed E-state index contributed by atoms with van der Waals surface area (Å²) in [7, 11) is -1.89. The lowest BCUT2D eigenvalue weighted by molar-refractivity contribution is 0.236. The van der Waals surface area contributed by atoms with Crippen LogP contribution in [0.1, 0.15) is 13.3 Å². The number of aliphatic hydroxyl groups excluding tert-OH is 1. The molecule has 1 N–H and O–H groups in total. The average Bonchev–Trinajstić information content (AvgIpc) is 1.98. The van der Waals surface area contributed by atoms with E-state index < -0.39 is 13.9 Å². The monoisotopic (exact) mass is 229 g/mol. The van der Waals surface area contributed by atoms with Gasteiger partial charge in [-0.15, -0.1) is 4.52 Å². The molecule has 10 heavy (non-hydrogen) atoms. The molecule has 2 unspecified atom stereocenters. The van der Waals surface area contributed by atoms with Crippen molar-refractivity contribution in [2.45, 2.75) is 19.2 Å². The summed E-state index contributed by atoms with van der Waals surface area (Å²) in [5, 5.41) is 9.20. The lowest BCUT2D eigenvalue weighted by atomic mass is 10.5. The first-order valence-electron chi connectivity index (χ1n) is 3.05. The molecular formula is C5H11BrO3P+. The van der Waals surface area contributed by atoms with Gasteiger partial charge in [0, 0.05) is 0 Å². The standard InChI is InChI=1S/C5H11BrO3P/c1-2-3-9-10(8)5(7)4-6/h5,7H,2-4H2,1H3/q+1. The molecule has 0 aromatic heterocycles. The summed E-state index contributed by atoms with van der Waals surface area (Å²) in [5.41, 5.74) is 0. The first-order valence-corrected chi connectivity index (χ1v) is 5.42. The zero-order chi connectivity index (χ0) is 7.98. The highest BCUT2D eigenvalue weighted by molar-refractivity contribution is 9.09. The third-order valence-corrected chi connectivity index (χ3v) is 3.02. The lowest BCUT2D eigenvalue weighted by Gasteiger charge is -1.91. The van der Waals surface area contributed by atoms with Crippen molar-refractivity contribution >= 4 is 24.0 Å². The Morgan fingerprint density at radius 1 is 1.80 bits per heavy atom. The first-order chi connectivity index (χ1) is 4.72. The van der Waals surface area contributed by atoms with Crippen LogP contribution < -0.4 is 0 Å². The van der Waals surface area contributed by atoms with Gasteiger partial charge in [0.05, 0.1) is 5.33 Å². The molecule has 0 aliphatic rings. The van der Waals surface area contributed by atoms with E-state index in [0.717, 1.165) is 6.42 Å². The van der Waals surface area contributed by atoms with E-state index in [1.165, 1.54) is 0 Å². The number of hydrogen-bond donors (Lipinski definition) is 1. The van der Waals surface area contributed by atoms with E-state index in [1.54, 1.807) is 0 Å². The van der Waals surface area contributed by atoms with E-state index in [1.807, 2.05) is 6.92 Å². The van der Waals surface area contributed by atoms with Crippen molar-refractivity contribution in [1.82, 2.24) is 0 Å². The lowest BCUT2D eigenvalue weighted by Crippen LogP contribution is -2.03. The van der Waals surface area contributed by atoms with Gasteiger partial charge >= 0.3 is 8.03 Å². The molecule has 0 bridgehead atoms. The van der Waals surface area contributed by atoms with E-state index in [4.69, 9.17) is 9.63 Å². The Balaban J connectivity index is 3.42. The molecule has 0 amide bonds. The zero-order valence-corrected chi connectivity index (χ0v) is 8.27. The summed E-state index contributed by atoms with van der Waals surface area (Å²) in [6, 6.07) is 0. The molecule has 3 nitrogen and oxygen atoms in total. The molecule has 0 heterocycles. The average molecular weight is 230 g/mol. The minimum Gasteiger partial charge on any atom is -0.348 e. The van der Waals surface area contributed by atoms with E-state index in [2.05, 4.69) is 15.9 Å². The van der Waals surface area contributed by atoms with Crippen LogP contribution in [0.5, 0.6) is 0 Å². The largest absolute Gasteiger partial charge is 0.541 e. The van der Waals surface area contributed by atoms with Gasteiger partial charge in [-0.25, -0.2) is 0 Å². The van der Waals surface area contributed by atoms with E-state index in [0.29, 0.717) is 11.9 Å². The van der Waals surface area contributed by atoms with Gasteiger partial charge in [-0.3, -0.25) is 0 Å². The van der Waals surface area contributed by atoms with Crippen molar-refractivity contribution in [3.8, 4) is 0 Å². The Labute approximate surface area is 69.8 Å². The summed E-state index contributed by atoms with van der Waals surface area (Å²) >= 11 is 2.99. The van der Waals surface area contributed by atoms with Gasteiger partial charge in [0.2, 0.25) is 0 Å². The maximum atomic E-state index is 10.8. The molecule has 0 saturated carbocycles. The van der Waals surface area contributed by atoms with Crippen LogP contribution in [0, 0.1) is 0 Å². The van der Waals surface area contributed by atoms with Crippen LogP contribution in [0.15, 0.2) is 0 Å². The van der Waals surface area contributed by atoms with Crippen molar-refractivity contribution in [1.29, 1.82) is 0 Å². The Hall–Kier alpha value is 0.500. The molecular weight excluding hydrogens is 219 g/mol. The molecule has 0 spiro atoms. The molecule has 0 aliphatic heterocycles. The van der Waals surface area contributed by atoms with E-state index in [9.17, 15) is 4.57 Å². The number of aliphatic hydroxyl groups is 1. The minimum atomic E-state index is -1.89. The smallest absolute Gasteiger partial charge is 0.348 e. The number of halogens is 1. The van der Waals surface area contributed by atoms with Crippen molar-refractivity contribution < 1.29 is 14.2 Å². The molecule has 5 heteroatoms. The van der Waals surface area contributed by atoms with E-state index >= 15 is 0 Å². The molecule has 0 rings (SSSR count). The van der Waals surface area contributed by atoms with Crippen molar-refractivity contribution in [3.05, 3.63) is 0 Å². The fourth-order valence-corrected chi connectivity index (χ4v) is 1.68. The zero-order valence-electron chi connectivity index (χ0n) is 5.79. The molecule has 0 radical (unpaired) electrons. The number of rotatable bonds is 5. The van der Waals surface area contributed by atoms with Gasteiger partial charge in [-0.1, -0.05) is 22.9 Å². The van der Waals surface area contributed by atoms with Gasteiger partial charge in [0.25, 0.3) is 5.85 Å². The Bertz CT molecular complexity index is 109. The number of alkyl halides is 1. The predicted molar refractivity (Wildman–Crippen MR) is 43.7 cm³/mol. The quantitative estimate of drug-likeness (QED) is 0.579. The van der Waals surface area contributed by atoms with Crippen LogP contribution >= 0.6 is 24.0 Å². The van der Waals surface area contributed by atoms with Crippen molar-refractivity contribution in [2.75, 3.05) is 11.9 Å². The second kappa shape index (κ2) is 6.23. The van der Waals surface area contributed by atoms with Crippen LogP contribution in [0.2, 0.25) is 0 Å². The summed E-state index contributed by atoms with van der Waals surface area (Å²) in [6.45, 7) is 2.36. The third kappa shape index (κ3) is 4.34. The minimum absolute atomic E-state index is 0.298. The normalized spacial score (nSPS) is 14.9. The highest BCUT2D eigenvalue weighted by atomic mass is 79.9. The predicted octanol–water partition coefficient (Wildman–Crippen LogP) is 1.87. The summed E-state index contributed by atoms with van der Waals surface area (Å²) in [6.07, 6.45) is 0.816. The Kier molecular flexibility index (Phi) is 6.54. The van der Waals surface area contributed by atoms with Crippen LogP contribution in [0.3, 0.4) is 0 Å².